The molecule has 10 heteroatoms. The van der Waals surface area contributed by atoms with Crippen molar-refractivity contribution in [3.63, 3.8) is 0 Å². The Labute approximate surface area is 197 Å². The summed E-state index contributed by atoms with van der Waals surface area (Å²) in [6.45, 7) is 5.06. The maximum Gasteiger partial charge on any atom is 0.332 e. The van der Waals surface area contributed by atoms with Gasteiger partial charge in [0.25, 0.3) is 5.56 Å². The molecule has 0 saturated heterocycles. The van der Waals surface area contributed by atoms with Gasteiger partial charge in [0.2, 0.25) is 11.8 Å². The van der Waals surface area contributed by atoms with Gasteiger partial charge in [0.1, 0.15) is 11.2 Å². The van der Waals surface area contributed by atoms with Crippen LogP contribution in [0.3, 0.4) is 0 Å². The summed E-state index contributed by atoms with van der Waals surface area (Å²) in [5, 5.41) is 7.53. The van der Waals surface area contributed by atoms with Gasteiger partial charge in [-0.05, 0) is 63.3 Å². The zero-order valence-corrected chi connectivity index (χ0v) is 20.4. The molecule has 0 aromatic carbocycles. The van der Waals surface area contributed by atoms with Crippen molar-refractivity contribution in [2.75, 3.05) is 20.3 Å². The first-order chi connectivity index (χ1) is 15.8. The van der Waals surface area contributed by atoms with Crippen molar-refractivity contribution in [1.82, 2.24) is 19.8 Å². The van der Waals surface area contributed by atoms with Gasteiger partial charge >= 0.3 is 5.69 Å². The first-order valence-corrected chi connectivity index (χ1v) is 12.5. The smallest absolute Gasteiger partial charge is 0.332 e. The second kappa shape index (κ2) is 11.6. The summed E-state index contributed by atoms with van der Waals surface area (Å²) in [5.74, 6) is -0.0621. The fourth-order valence-electron chi connectivity index (χ4n) is 4.36. The van der Waals surface area contributed by atoms with Crippen LogP contribution in [-0.4, -0.2) is 47.3 Å². The molecule has 0 unspecified atom stereocenters. The molecule has 0 bridgehead atoms. The van der Waals surface area contributed by atoms with Crippen LogP contribution in [0.1, 0.15) is 46.0 Å². The van der Waals surface area contributed by atoms with E-state index in [-0.39, 0.29) is 41.8 Å². The number of nitrogens with one attached hydrogen (secondary N) is 2. The maximum atomic E-state index is 13.2. The number of amides is 2. The van der Waals surface area contributed by atoms with Gasteiger partial charge in [0.15, 0.2) is 0 Å². The third-order valence-corrected chi connectivity index (χ3v) is 6.97. The van der Waals surface area contributed by atoms with Crippen LogP contribution in [0.4, 0.5) is 0 Å². The molecule has 2 heterocycles. The van der Waals surface area contributed by atoms with Crippen LogP contribution >= 0.6 is 11.3 Å². The number of thiophene rings is 1. The highest BCUT2D eigenvalue weighted by Crippen LogP contribution is 2.30. The normalized spacial score (nSPS) is 18.5. The second-order valence-electron chi connectivity index (χ2n) is 9.00. The minimum atomic E-state index is -0.461. The highest BCUT2D eigenvalue weighted by atomic mass is 32.1. The molecule has 182 valence electrons. The maximum absolute atomic E-state index is 13.2. The summed E-state index contributed by atoms with van der Waals surface area (Å²) in [7, 11) is 1.60. The number of methoxy groups -OCH3 is 1. The van der Waals surface area contributed by atoms with E-state index in [2.05, 4.69) is 10.6 Å². The second-order valence-corrected chi connectivity index (χ2v) is 9.91. The lowest BCUT2D eigenvalue weighted by Gasteiger charge is -2.28. The average molecular weight is 479 g/mol. The van der Waals surface area contributed by atoms with Crippen LogP contribution in [0.25, 0.3) is 10.2 Å². The molecule has 2 amide bonds. The van der Waals surface area contributed by atoms with E-state index in [1.807, 2.05) is 13.8 Å². The summed E-state index contributed by atoms with van der Waals surface area (Å²) < 4.78 is 8.12. The van der Waals surface area contributed by atoms with E-state index in [1.165, 1.54) is 20.5 Å². The third kappa shape index (κ3) is 6.32. The molecule has 33 heavy (non-hydrogen) atoms. The Hall–Kier alpha value is -2.46. The average Bonchev–Trinajstić information content (AvgIpc) is 3.27. The van der Waals surface area contributed by atoms with Gasteiger partial charge in [0.05, 0.1) is 5.52 Å². The molecule has 2 aromatic heterocycles. The molecule has 2 aromatic rings. The van der Waals surface area contributed by atoms with E-state index in [9.17, 15) is 19.2 Å². The third-order valence-electron chi connectivity index (χ3n) is 6.07. The van der Waals surface area contributed by atoms with Crippen molar-refractivity contribution < 1.29 is 14.3 Å². The van der Waals surface area contributed by atoms with E-state index in [0.29, 0.717) is 36.3 Å². The molecule has 1 fully saturated rings. The van der Waals surface area contributed by atoms with Gasteiger partial charge < -0.3 is 15.4 Å². The van der Waals surface area contributed by atoms with Gasteiger partial charge in [-0.1, -0.05) is 0 Å². The van der Waals surface area contributed by atoms with Gasteiger partial charge in [-0.2, -0.15) is 0 Å². The number of ether oxygens (including phenoxy) is 1. The predicted octanol–water partition coefficient (Wildman–Crippen LogP) is 1.71. The van der Waals surface area contributed by atoms with Crippen LogP contribution in [0, 0.1) is 11.8 Å². The van der Waals surface area contributed by atoms with Crippen molar-refractivity contribution in [3.05, 3.63) is 32.3 Å². The van der Waals surface area contributed by atoms with E-state index in [1.54, 1.807) is 18.6 Å². The number of rotatable bonds is 10. The van der Waals surface area contributed by atoms with Gasteiger partial charge in [-0.25, -0.2) is 4.79 Å². The van der Waals surface area contributed by atoms with Gasteiger partial charge in [-0.15, -0.1) is 11.3 Å². The van der Waals surface area contributed by atoms with Crippen molar-refractivity contribution in [3.8, 4) is 0 Å². The SMILES string of the molecule is COCCCNC(=O)Cn1c(=O)n(CC2CCC(C(=O)NC(C)C)CC2)c(=O)c2sccc21. The number of hydrogen-bond acceptors (Lipinski definition) is 6. The topological polar surface area (TPSA) is 111 Å². The van der Waals surface area contributed by atoms with E-state index in [0.717, 1.165) is 25.7 Å². The van der Waals surface area contributed by atoms with Crippen LogP contribution in [0.15, 0.2) is 21.0 Å². The first kappa shape index (κ1) is 25.2. The summed E-state index contributed by atoms with van der Waals surface area (Å²) >= 11 is 1.28. The molecule has 2 N–H and O–H groups in total. The van der Waals surface area contributed by atoms with Gasteiger partial charge in [0, 0.05) is 38.8 Å². The lowest BCUT2D eigenvalue weighted by atomic mass is 9.81. The van der Waals surface area contributed by atoms with E-state index < -0.39 is 5.69 Å². The predicted molar refractivity (Wildman–Crippen MR) is 129 cm³/mol. The number of carbonyl (C=O) groups is 2. The van der Waals surface area contributed by atoms with Crippen LogP contribution in [0.2, 0.25) is 0 Å². The molecule has 1 aliphatic rings. The quantitative estimate of drug-likeness (QED) is 0.505. The molecular formula is C23H34N4O5S. The molecule has 0 aliphatic heterocycles. The zero-order chi connectivity index (χ0) is 24.0. The lowest BCUT2D eigenvalue weighted by molar-refractivity contribution is -0.126. The first-order valence-electron chi connectivity index (χ1n) is 11.6. The van der Waals surface area contributed by atoms with Crippen LogP contribution < -0.4 is 21.9 Å². The number of hydrogen-bond donors (Lipinski definition) is 2. The van der Waals surface area contributed by atoms with Crippen LogP contribution in [0.5, 0.6) is 0 Å². The molecule has 1 aliphatic carbocycles. The number of carbonyl (C=O) groups excluding carboxylic acids is 2. The Bertz CT molecular complexity index is 1080. The molecular weight excluding hydrogens is 444 g/mol. The fraction of sp³-hybridized carbons (Fsp3) is 0.652. The van der Waals surface area contributed by atoms with Gasteiger partial charge in [-0.3, -0.25) is 23.5 Å². The highest BCUT2D eigenvalue weighted by molar-refractivity contribution is 7.17. The van der Waals surface area contributed by atoms with E-state index >= 15 is 0 Å². The standard InChI is InChI=1S/C23H34N4O5S/c1-15(2)25-21(29)17-7-5-16(6-8-17)13-27-22(30)20-18(9-12-33-20)26(23(27)31)14-19(28)24-10-4-11-32-3/h9,12,15-17H,4-8,10-11,13-14H2,1-3H3,(H,24,28)(H,25,29). The minimum absolute atomic E-state index is 0.0152. The monoisotopic (exact) mass is 478 g/mol. The summed E-state index contributed by atoms with van der Waals surface area (Å²) in [6.07, 6.45) is 3.74. The van der Waals surface area contributed by atoms with Crippen molar-refractivity contribution in [1.29, 1.82) is 0 Å². The summed E-state index contributed by atoms with van der Waals surface area (Å²) in [4.78, 5) is 51.0. The van der Waals surface area contributed by atoms with Crippen molar-refractivity contribution in [2.45, 2.75) is 65.1 Å². The molecule has 9 nitrogen and oxygen atoms in total. The fourth-order valence-corrected chi connectivity index (χ4v) is 5.20. The molecule has 0 spiro atoms. The Morgan fingerprint density at radius 3 is 2.58 bits per heavy atom. The Balaban J connectivity index is 1.73. The number of nitrogens with zero attached hydrogens (tertiary/aromatic N) is 2. The van der Waals surface area contributed by atoms with Crippen LogP contribution in [-0.2, 0) is 27.4 Å². The Morgan fingerprint density at radius 1 is 1.18 bits per heavy atom. The Morgan fingerprint density at radius 2 is 1.91 bits per heavy atom. The number of fused-ring (bicyclic) bond motifs is 1. The summed E-state index contributed by atoms with van der Waals surface area (Å²) in [6, 6.07) is 1.83. The zero-order valence-electron chi connectivity index (χ0n) is 19.6. The summed E-state index contributed by atoms with van der Waals surface area (Å²) in [5.41, 5.74) is -0.272. The molecule has 0 radical (unpaired) electrons. The van der Waals surface area contributed by atoms with E-state index in [4.69, 9.17) is 4.74 Å². The molecule has 1 saturated carbocycles. The molecule has 0 atom stereocenters. The lowest BCUT2D eigenvalue weighted by Crippen LogP contribution is -2.44. The Kier molecular flexibility index (Phi) is 8.85. The van der Waals surface area contributed by atoms with Crippen molar-refractivity contribution >= 4 is 33.4 Å². The highest BCUT2D eigenvalue weighted by Gasteiger charge is 2.28. The largest absolute Gasteiger partial charge is 0.385 e. The molecule has 3 rings (SSSR count). The van der Waals surface area contributed by atoms with Crippen molar-refractivity contribution in [2.24, 2.45) is 11.8 Å². The number of aromatic nitrogens is 2. The minimum Gasteiger partial charge on any atom is -0.385 e.